The van der Waals surface area contributed by atoms with Crippen LogP contribution in [0, 0.1) is 0 Å². The maximum Gasteiger partial charge on any atom is 0.0966 e. The van der Waals surface area contributed by atoms with Gasteiger partial charge in [-0.1, -0.05) is 29.3 Å². The minimum absolute atomic E-state index is 0.0584. The van der Waals surface area contributed by atoms with Crippen LogP contribution < -0.4 is 5.32 Å². The second kappa shape index (κ2) is 4.30. The van der Waals surface area contributed by atoms with E-state index in [4.69, 9.17) is 27.9 Å². The van der Waals surface area contributed by atoms with Gasteiger partial charge in [0.05, 0.1) is 15.6 Å². The van der Waals surface area contributed by atoms with E-state index in [-0.39, 0.29) is 5.60 Å². The molecule has 4 heteroatoms. The summed E-state index contributed by atoms with van der Waals surface area (Å²) in [4.78, 5) is 0. The first-order chi connectivity index (χ1) is 7.15. The Labute approximate surface area is 99.5 Å². The lowest BCUT2D eigenvalue weighted by atomic mass is 9.89. The molecule has 0 aromatic heterocycles. The molecule has 1 aliphatic rings. The molecule has 15 heavy (non-hydrogen) atoms. The van der Waals surface area contributed by atoms with Crippen LogP contribution in [0.2, 0.25) is 10.0 Å². The van der Waals surface area contributed by atoms with Gasteiger partial charge in [-0.15, -0.1) is 0 Å². The molecule has 0 bridgehead atoms. The molecule has 1 aromatic carbocycles. The highest BCUT2D eigenvalue weighted by molar-refractivity contribution is 6.42. The number of nitrogens with one attached hydrogen (secondary N) is 1. The summed E-state index contributed by atoms with van der Waals surface area (Å²) in [5.74, 6) is 0. The van der Waals surface area contributed by atoms with Crippen molar-refractivity contribution in [3.63, 3.8) is 0 Å². The van der Waals surface area contributed by atoms with Crippen LogP contribution in [0.5, 0.6) is 0 Å². The maximum atomic E-state index is 5.96. The molecule has 0 aliphatic carbocycles. The lowest BCUT2D eigenvalue weighted by Crippen LogP contribution is -2.61. The summed E-state index contributed by atoms with van der Waals surface area (Å²) < 4.78 is 5.51. The fourth-order valence-corrected chi connectivity index (χ4v) is 2.09. The van der Waals surface area contributed by atoms with E-state index >= 15 is 0 Å². The lowest BCUT2D eigenvalue weighted by molar-refractivity contribution is -0.0502. The van der Waals surface area contributed by atoms with Crippen LogP contribution in [-0.4, -0.2) is 25.8 Å². The molecule has 0 atom stereocenters. The molecule has 1 heterocycles. The monoisotopic (exact) mass is 245 g/mol. The maximum absolute atomic E-state index is 5.96. The fraction of sp³-hybridized carbons (Fsp3) is 0.455. The molecule has 0 unspecified atom stereocenters. The number of hydrogen-bond donors (Lipinski definition) is 1. The van der Waals surface area contributed by atoms with Gasteiger partial charge in [0.25, 0.3) is 0 Å². The van der Waals surface area contributed by atoms with Crippen LogP contribution in [0.25, 0.3) is 0 Å². The van der Waals surface area contributed by atoms with Crippen molar-refractivity contribution in [2.45, 2.75) is 12.0 Å². The number of ether oxygens (including phenoxy) is 1. The highest BCUT2D eigenvalue weighted by Crippen LogP contribution is 2.27. The Kier molecular flexibility index (Phi) is 3.21. The highest BCUT2D eigenvalue weighted by Gasteiger charge is 2.36. The molecule has 0 amide bonds. The number of benzene rings is 1. The van der Waals surface area contributed by atoms with Crippen LogP contribution >= 0.6 is 23.2 Å². The second-order valence-electron chi connectivity index (χ2n) is 3.92. The van der Waals surface area contributed by atoms with Gasteiger partial charge in [-0.3, -0.25) is 0 Å². The van der Waals surface area contributed by atoms with E-state index in [1.165, 1.54) is 0 Å². The van der Waals surface area contributed by atoms with Gasteiger partial charge in [-0.25, -0.2) is 0 Å². The lowest BCUT2D eigenvalue weighted by Gasteiger charge is -2.41. The van der Waals surface area contributed by atoms with Crippen LogP contribution in [0.3, 0.4) is 0 Å². The standard InChI is InChI=1S/C11H13Cl2NO/c1-15-11(6-14-7-11)5-8-2-3-9(12)10(13)4-8/h2-4,14H,5-7H2,1H3. The van der Waals surface area contributed by atoms with Gasteiger partial charge in [0.15, 0.2) is 0 Å². The first-order valence-electron chi connectivity index (χ1n) is 4.85. The van der Waals surface area contributed by atoms with E-state index in [1.807, 2.05) is 18.2 Å². The van der Waals surface area contributed by atoms with Crippen molar-refractivity contribution in [3.05, 3.63) is 33.8 Å². The number of halogens is 2. The van der Waals surface area contributed by atoms with Crippen LogP contribution in [0.4, 0.5) is 0 Å². The molecule has 82 valence electrons. The van der Waals surface area contributed by atoms with Crippen molar-refractivity contribution < 1.29 is 4.74 Å². The van der Waals surface area contributed by atoms with E-state index in [0.717, 1.165) is 25.1 Å². The number of rotatable bonds is 3. The first-order valence-corrected chi connectivity index (χ1v) is 5.61. The smallest absolute Gasteiger partial charge is 0.0966 e. The molecular formula is C11H13Cl2NO. The summed E-state index contributed by atoms with van der Waals surface area (Å²) in [6.07, 6.45) is 0.868. The summed E-state index contributed by atoms with van der Waals surface area (Å²) in [5.41, 5.74) is 1.10. The van der Waals surface area contributed by atoms with Crippen molar-refractivity contribution in [1.82, 2.24) is 5.32 Å². The zero-order valence-electron chi connectivity index (χ0n) is 8.52. The van der Waals surface area contributed by atoms with Crippen molar-refractivity contribution in [2.75, 3.05) is 20.2 Å². The Balaban J connectivity index is 2.13. The topological polar surface area (TPSA) is 21.3 Å². The largest absolute Gasteiger partial charge is 0.375 e. The van der Waals surface area contributed by atoms with Gasteiger partial charge < -0.3 is 10.1 Å². The third kappa shape index (κ3) is 2.28. The second-order valence-corrected chi connectivity index (χ2v) is 4.73. The normalized spacial score (nSPS) is 18.6. The molecule has 2 nitrogen and oxygen atoms in total. The third-order valence-electron chi connectivity index (χ3n) is 2.84. The molecule has 0 spiro atoms. The Morgan fingerprint density at radius 2 is 2.07 bits per heavy atom. The van der Waals surface area contributed by atoms with Crippen LogP contribution in [0.15, 0.2) is 18.2 Å². The molecule has 1 aromatic rings. The predicted octanol–water partition coefficient (Wildman–Crippen LogP) is 2.52. The zero-order valence-corrected chi connectivity index (χ0v) is 10.0. The molecule has 2 rings (SSSR count). The quantitative estimate of drug-likeness (QED) is 0.884. The van der Waals surface area contributed by atoms with Gasteiger partial charge in [0.2, 0.25) is 0 Å². The van der Waals surface area contributed by atoms with E-state index < -0.39 is 0 Å². The molecule has 1 fully saturated rings. The molecule has 0 saturated carbocycles. The van der Waals surface area contributed by atoms with Gasteiger partial charge >= 0.3 is 0 Å². The van der Waals surface area contributed by atoms with Crippen molar-refractivity contribution in [2.24, 2.45) is 0 Å². The minimum Gasteiger partial charge on any atom is -0.375 e. The molecule has 1 saturated heterocycles. The highest BCUT2D eigenvalue weighted by atomic mass is 35.5. The van der Waals surface area contributed by atoms with E-state index in [1.54, 1.807) is 7.11 Å². The SMILES string of the molecule is COC1(Cc2ccc(Cl)c(Cl)c2)CNC1. The first kappa shape index (κ1) is 11.2. The van der Waals surface area contributed by atoms with Crippen molar-refractivity contribution in [3.8, 4) is 0 Å². The van der Waals surface area contributed by atoms with Gasteiger partial charge in [0, 0.05) is 26.6 Å². The van der Waals surface area contributed by atoms with Gasteiger partial charge in [-0.2, -0.15) is 0 Å². The third-order valence-corrected chi connectivity index (χ3v) is 3.58. The number of hydrogen-bond acceptors (Lipinski definition) is 2. The Hall–Kier alpha value is -0.280. The van der Waals surface area contributed by atoms with Gasteiger partial charge in [-0.05, 0) is 17.7 Å². The predicted molar refractivity (Wildman–Crippen MR) is 62.8 cm³/mol. The van der Waals surface area contributed by atoms with Crippen molar-refractivity contribution in [1.29, 1.82) is 0 Å². The summed E-state index contributed by atoms with van der Waals surface area (Å²) >= 11 is 11.8. The molecule has 1 aliphatic heterocycles. The van der Waals surface area contributed by atoms with Crippen LogP contribution in [0.1, 0.15) is 5.56 Å². The average molecular weight is 246 g/mol. The Morgan fingerprint density at radius 1 is 1.33 bits per heavy atom. The fourth-order valence-electron chi connectivity index (χ4n) is 1.77. The zero-order chi connectivity index (χ0) is 10.9. The van der Waals surface area contributed by atoms with E-state index in [2.05, 4.69) is 5.32 Å². The van der Waals surface area contributed by atoms with Gasteiger partial charge in [0.1, 0.15) is 0 Å². The minimum atomic E-state index is -0.0584. The molecule has 0 radical (unpaired) electrons. The Bertz CT molecular complexity index is 358. The average Bonchev–Trinajstić information content (AvgIpc) is 2.17. The summed E-state index contributed by atoms with van der Waals surface area (Å²) in [6.45, 7) is 1.79. The Morgan fingerprint density at radius 3 is 2.53 bits per heavy atom. The summed E-state index contributed by atoms with van der Waals surface area (Å²) in [5, 5.41) is 4.42. The van der Waals surface area contributed by atoms with Crippen LogP contribution in [-0.2, 0) is 11.2 Å². The molecule has 1 N–H and O–H groups in total. The van der Waals surface area contributed by atoms with E-state index in [0.29, 0.717) is 10.0 Å². The van der Waals surface area contributed by atoms with E-state index in [9.17, 15) is 0 Å². The van der Waals surface area contributed by atoms with Crippen molar-refractivity contribution >= 4 is 23.2 Å². The summed E-state index contributed by atoms with van der Waals surface area (Å²) in [6, 6.07) is 5.73. The summed E-state index contributed by atoms with van der Waals surface area (Å²) in [7, 11) is 1.75. The molecular weight excluding hydrogens is 233 g/mol. The number of methoxy groups -OCH3 is 1.